The first-order chi connectivity index (χ1) is 13.1. The molecule has 2 aromatic carbocycles. The molecule has 0 fully saturated rings. The van der Waals surface area contributed by atoms with E-state index in [4.69, 9.17) is 11.5 Å². The Balaban J connectivity index is 0.000000416. The van der Waals surface area contributed by atoms with Crippen LogP contribution in [0.5, 0.6) is 0 Å². The van der Waals surface area contributed by atoms with E-state index in [0.717, 1.165) is 11.1 Å². The standard InChI is InChI=1S/C17H20N2O.C5H11NO2/c1-13-7-9-15(10-8-13)12-19-17(20)16(18)11-14-5-3-2-4-6-14;1-5(2,3)8-4(6)7/h2-10,16H,11-12,18H2,1H3,(H,19,20);1-3H3,(H2,6,7). The van der Waals surface area contributed by atoms with Gasteiger partial charge in [0.1, 0.15) is 5.60 Å². The van der Waals surface area contributed by atoms with E-state index < -0.39 is 17.7 Å². The average Bonchev–Trinajstić information content (AvgIpc) is 2.60. The van der Waals surface area contributed by atoms with Gasteiger partial charge in [-0.15, -0.1) is 0 Å². The molecule has 6 nitrogen and oxygen atoms in total. The quantitative estimate of drug-likeness (QED) is 0.735. The van der Waals surface area contributed by atoms with Crippen LogP contribution in [-0.2, 0) is 22.5 Å². The SMILES string of the molecule is CC(C)(C)OC(N)=O.Cc1ccc(CNC(=O)C(N)Cc2ccccc2)cc1. The van der Waals surface area contributed by atoms with Crippen LogP contribution in [-0.4, -0.2) is 23.6 Å². The Labute approximate surface area is 167 Å². The molecule has 0 radical (unpaired) electrons. The Hall–Kier alpha value is -2.86. The van der Waals surface area contributed by atoms with Crippen molar-refractivity contribution >= 4 is 12.0 Å². The van der Waals surface area contributed by atoms with Gasteiger partial charge in [-0.25, -0.2) is 4.79 Å². The largest absolute Gasteiger partial charge is 0.444 e. The summed E-state index contributed by atoms with van der Waals surface area (Å²) in [6, 6.07) is 17.4. The highest BCUT2D eigenvalue weighted by molar-refractivity contribution is 5.81. The lowest BCUT2D eigenvalue weighted by atomic mass is 10.1. The monoisotopic (exact) mass is 385 g/mol. The van der Waals surface area contributed by atoms with Gasteiger partial charge in [0.05, 0.1) is 6.04 Å². The molecule has 2 rings (SSSR count). The average molecular weight is 386 g/mol. The van der Waals surface area contributed by atoms with Gasteiger partial charge >= 0.3 is 6.09 Å². The lowest BCUT2D eigenvalue weighted by Gasteiger charge is -2.16. The molecule has 28 heavy (non-hydrogen) atoms. The zero-order valence-electron chi connectivity index (χ0n) is 17.1. The fraction of sp³-hybridized carbons (Fsp3) is 0.364. The molecule has 5 N–H and O–H groups in total. The topological polar surface area (TPSA) is 107 Å². The normalized spacial score (nSPS) is 11.6. The van der Waals surface area contributed by atoms with Crippen LogP contribution >= 0.6 is 0 Å². The molecule has 0 aromatic heterocycles. The highest BCUT2D eigenvalue weighted by Gasteiger charge is 2.13. The number of hydrogen-bond donors (Lipinski definition) is 3. The second-order valence-corrected chi connectivity index (χ2v) is 7.53. The molecule has 2 aromatic rings. The Morgan fingerprint density at radius 3 is 2.04 bits per heavy atom. The van der Waals surface area contributed by atoms with Crippen LogP contribution in [0.3, 0.4) is 0 Å². The zero-order valence-corrected chi connectivity index (χ0v) is 17.1. The number of carbonyl (C=O) groups excluding carboxylic acids is 2. The van der Waals surface area contributed by atoms with Crippen molar-refractivity contribution < 1.29 is 14.3 Å². The molecule has 0 spiro atoms. The Morgan fingerprint density at radius 2 is 1.57 bits per heavy atom. The molecule has 0 saturated carbocycles. The number of carbonyl (C=O) groups is 2. The fourth-order valence-corrected chi connectivity index (χ4v) is 2.29. The van der Waals surface area contributed by atoms with Gasteiger partial charge in [-0.3, -0.25) is 4.79 Å². The predicted octanol–water partition coefficient (Wildman–Crippen LogP) is 3.06. The molecule has 2 amide bonds. The number of nitrogens with one attached hydrogen (secondary N) is 1. The van der Waals surface area contributed by atoms with E-state index in [2.05, 4.69) is 10.1 Å². The van der Waals surface area contributed by atoms with Crippen LogP contribution in [0.2, 0.25) is 0 Å². The van der Waals surface area contributed by atoms with E-state index in [-0.39, 0.29) is 5.91 Å². The number of ether oxygens (including phenoxy) is 1. The summed E-state index contributed by atoms with van der Waals surface area (Å²) >= 11 is 0. The van der Waals surface area contributed by atoms with Gasteiger partial charge < -0.3 is 21.5 Å². The van der Waals surface area contributed by atoms with Crippen molar-refractivity contribution in [1.82, 2.24) is 5.32 Å². The summed E-state index contributed by atoms with van der Waals surface area (Å²) in [7, 11) is 0. The van der Waals surface area contributed by atoms with Crippen LogP contribution in [0.25, 0.3) is 0 Å². The Morgan fingerprint density at radius 1 is 1.00 bits per heavy atom. The number of primary amides is 1. The van der Waals surface area contributed by atoms with E-state index in [1.807, 2.05) is 61.5 Å². The van der Waals surface area contributed by atoms with Crippen molar-refractivity contribution in [2.75, 3.05) is 0 Å². The van der Waals surface area contributed by atoms with E-state index in [1.54, 1.807) is 20.8 Å². The second-order valence-electron chi connectivity index (χ2n) is 7.53. The van der Waals surface area contributed by atoms with Gasteiger partial charge in [-0.2, -0.15) is 0 Å². The first kappa shape index (κ1) is 23.2. The lowest BCUT2D eigenvalue weighted by molar-refractivity contribution is -0.122. The van der Waals surface area contributed by atoms with Crippen molar-refractivity contribution in [2.24, 2.45) is 11.5 Å². The first-order valence-corrected chi connectivity index (χ1v) is 9.18. The summed E-state index contributed by atoms with van der Waals surface area (Å²) < 4.78 is 4.58. The Bertz CT molecular complexity index is 738. The molecule has 1 atom stereocenters. The van der Waals surface area contributed by atoms with E-state index in [9.17, 15) is 9.59 Å². The predicted molar refractivity (Wildman–Crippen MR) is 112 cm³/mol. The van der Waals surface area contributed by atoms with Crippen LogP contribution < -0.4 is 16.8 Å². The van der Waals surface area contributed by atoms with Gasteiger partial charge in [0.25, 0.3) is 0 Å². The maximum Gasteiger partial charge on any atom is 0.405 e. The molecule has 6 heteroatoms. The van der Waals surface area contributed by atoms with E-state index in [0.29, 0.717) is 13.0 Å². The van der Waals surface area contributed by atoms with Crippen LogP contribution in [0.15, 0.2) is 54.6 Å². The number of aryl methyl sites for hydroxylation is 1. The fourth-order valence-electron chi connectivity index (χ4n) is 2.29. The third-order valence-corrected chi connectivity index (χ3v) is 3.63. The number of amides is 2. The maximum atomic E-state index is 12.0. The van der Waals surface area contributed by atoms with Crippen LogP contribution in [0.4, 0.5) is 4.79 Å². The van der Waals surface area contributed by atoms with Crippen molar-refractivity contribution in [3.63, 3.8) is 0 Å². The summed E-state index contributed by atoms with van der Waals surface area (Å²) in [6.07, 6.45) is -0.168. The van der Waals surface area contributed by atoms with Gasteiger partial charge in [0.15, 0.2) is 0 Å². The first-order valence-electron chi connectivity index (χ1n) is 9.18. The molecule has 0 aliphatic heterocycles. The third kappa shape index (κ3) is 10.3. The molecule has 1 unspecified atom stereocenters. The summed E-state index contributed by atoms with van der Waals surface area (Å²) in [4.78, 5) is 22.0. The minimum atomic E-state index is -0.725. The number of hydrogen-bond acceptors (Lipinski definition) is 4. The summed E-state index contributed by atoms with van der Waals surface area (Å²) in [6.45, 7) is 7.84. The van der Waals surface area contributed by atoms with Crippen molar-refractivity contribution in [3.05, 3.63) is 71.3 Å². The minimum Gasteiger partial charge on any atom is -0.444 e. The molecule has 0 saturated heterocycles. The molecular weight excluding hydrogens is 354 g/mol. The molecule has 0 bridgehead atoms. The van der Waals surface area contributed by atoms with Gasteiger partial charge in [-0.05, 0) is 45.2 Å². The summed E-state index contributed by atoms with van der Waals surface area (Å²) in [5.74, 6) is -0.116. The number of rotatable bonds is 5. The molecule has 0 aliphatic carbocycles. The van der Waals surface area contributed by atoms with E-state index in [1.165, 1.54) is 5.56 Å². The molecule has 0 aliphatic rings. The molecule has 0 heterocycles. The van der Waals surface area contributed by atoms with E-state index >= 15 is 0 Å². The zero-order chi connectivity index (χ0) is 21.2. The van der Waals surface area contributed by atoms with Crippen LogP contribution in [0, 0.1) is 6.92 Å². The molecular formula is C22H31N3O3. The number of benzene rings is 2. The second kappa shape index (κ2) is 11.1. The summed E-state index contributed by atoms with van der Waals surface area (Å²) in [5.41, 5.74) is 13.6. The van der Waals surface area contributed by atoms with Crippen molar-refractivity contribution in [3.8, 4) is 0 Å². The lowest BCUT2D eigenvalue weighted by Crippen LogP contribution is -2.41. The Kier molecular flexibility index (Phi) is 9.18. The molecule has 152 valence electrons. The third-order valence-electron chi connectivity index (χ3n) is 3.63. The van der Waals surface area contributed by atoms with Gasteiger partial charge in [0, 0.05) is 6.54 Å². The maximum absolute atomic E-state index is 12.0. The van der Waals surface area contributed by atoms with Crippen molar-refractivity contribution in [2.45, 2.75) is 52.3 Å². The summed E-state index contributed by atoms with van der Waals surface area (Å²) in [5, 5.41) is 2.87. The minimum absolute atomic E-state index is 0.116. The number of nitrogens with two attached hydrogens (primary N) is 2. The van der Waals surface area contributed by atoms with Gasteiger partial charge in [-0.1, -0.05) is 60.2 Å². The van der Waals surface area contributed by atoms with Gasteiger partial charge in [0.2, 0.25) is 5.91 Å². The smallest absolute Gasteiger partial charge is 0.405 e. The van der Waals surface area contributed by atoms with Crippen molar-refractivity contribution in [1.29, 1.82) is 0 Å². The highest BCUT2D eigenvalue weighted by Crippen LogP contribution is 2.05. The highest BCUT2D eigenvalue weighted by atomic mass is 16.6. The van der Waals surface area contributed by atoms with Crippen LogP contribution in [0.1, 0.15) is 37.5 Å².